The van der Waals surface area contributed by atoms with E-state index in [0.717, 1.165) is 12.0 Å². The van der Waals surface area contributed by atoms with E-state index < -0.39 is 18.3 Å². The van der Waals surface area contributed by atoms with Crippen LogP contribution in [0.15, 0.2) is 42.5 Å². The summed E-state index contributed by atoms with van der Waals surface area (Å²) in [4.78, 5) is 0. The summed E-state index contributed by atoms with van der Waals surface area (Å²) in [7, 11) is 0. The van der Waals surface area contributed by atoms with Gasteiger partial charge in [0.15, 0.2) is 0 Å². The number of nitrogens with zero attached hydrogens (tertiary/aromatic N) is 1. The van der Waals surface area contributed by atoms with Crippen LogP contribution in [0, 0.1) is 23.1 Å². The molecule has 1 aliphatic rings. The van der Waals surface area contributed by atoms with Crippen molar-refractivity contribution in [3.8, 4) is 6.07 Å². The lowest BCUT2D eigenvalue weighted by atomic mass is 9.77. The Kier molecular flexibility index (Phi) is 8.75. The summed E-state index contributed by atoms with van der Waals surface area (Å²) in [6.45, 7) is 2.03. The van der Waals surface area contributed by atoms with Crippen LogP contribution in [-0.2, 0) is 17.8 Å². The smallest absolute Gasteiger partial charge is 0.315 e. The van der Waals surface area contributed by atoms with Gasteiger partial charge in [-0.15, -0.1) is 0 Å². The fourth-order valence-corrected chi connectivity index (χ4v) is 4.59. The number of nitriles is 1. The van der Waals surface area contributed by atoms with E-state index in [9.17, 15) is 13.2 Å². The summed E-state index contributed by atoms with van der Waals surface area (Å²) in [5.74, 6) is 0.615. The molecule has 3 rings (SSSR count). The molecule has 1 fully saturated rings. The van der Waals surface area contributed by atoms with Crippen LogP contribution in [0.3, 0.4) is 0 Å². The predicted molar refractivity (Wildman–Crippen MR) is 120 cm³/mol. The maximum absolute atomic E-state index is 14.2. The second kappa shape index (κ2) is 11.5. The van der Waals surface area contributed by atoms with Crippen LogP contribution in [-0.4, -0.2) is 6.11 Å². The molecule has 0 N–H and O–H groups in total. The maximum Gasteiger partial charge on any atom is 0.360 e. The van der Waals surface area contributed by atoms with Gasteiger partial charge in [0.05, 0.1) is 18.6 Å². The van der Waals surface area contributed by atoms with Crippen molar-refractivity contribution >= 4 is 0 Å². The predicted octanol–water partition coefficient (Wildman–Crippen LogP) is 7.90. The lowest BCUT2D eigenvalue weighted by Crippen LogP contribution is -2.24. The molecule has 0 spiro atoms. The van der Waals surface area contributed by atoms with Gasteiger partial charge in [-0.25, -0.2) is 4.39 Å². The van der Waals surface area contributed by atoms with Gasteiger partial charge in [0, 0.05) is 0 Å². The Bertz CT molecular complexity index is 896. The third kappa shape index (κ3) is 7.10. The fourth-order valence-electron chi connectivity index (χ4n) is 4.59. The van der Waals surface area contributed by atoms with E-state index in [2.05, 4.69) is 6.92 Å². The third-order valence-electron chi connectivity index (χ3n) is 6.53. The van der Waals surface area contributed by atoms with Gasteiger partial charge in [-0.2, -0.15) is 14.0 Å². The molecular formula is C27H32F3NO. The van der Waals surface area contributed by atoms with Crippen LogP contribution in [0.5, 0.6) is 0 Å². The average molecular weight is 444 g/mol. The Morgan fingerprint density at radius 2 is 1.69 bits per heavy atom. The number of hydrogen-bond donors (Lipinski definition) is 0. The zero-order chi connectivity index (χ0) is 23.0. The van der Waals surface area contributed by atoms with Gasteiger partial charge in [0.2, 0.25) is 0 Å². The van der Waals surface area contributed by atoms with E-state index in [1.807, 2.05) is 24.3 Å². The van der Waals surface area contributed by atoms with Crippen LogP contribution < -0.4 is 0 Å². The number of benzene rings is 2. The first-order chi connectivity index (χ1) is 15.4. The van der Waals surface area contributed by atoms with E-state index in [1.54, 1.807) is 6.07 Å². The minimum Gasteiger partial charge on any atom is -0.315 e. The second-order valence-electron chi connectivity index (χ2n) is 8.98. The molecule has 0 aliphatic heterocycles. The third-order valence-corrected chi connectivity index (χ3v) is 6.53. The highest BCUT2D eigenvalue weighted by molar-refractivity contribution is 5.33. The van der Waals surface area contributed by atoms with Crippen LogP contribution in [0.4, 0.5) is 13.2 Å². The topological polar surface area (TPSA) is 33.0 Å². The molecule has 0 saturated heterocycles. The molecule has 0 atom stereocenters. The largest absolute Gasteiger partial charge is 0.360 e. The van der Waals surface area contributed by atoms with Crippen molar-refractivity contribution in [2.75, 3.05) is 0 Å². The number of hydrogen-bond acceptors (Lipinski definition) is 2. The van der Waals surface area contributed by atoms with E-state index in [4.69, 9.17) is 10.00 Å². The monoisotopic (exact) mass is 443 g/mol. The van der Waals surface area contributed by atoms with E-state index in [0.29, 0.717) is 11.5 Å². The molecule has 0 aromatic heterocycles. The Balaban J connectivity index is 1.47. The number of unbranched alkanes of at least 4 members (excludes halogenated alkanes) is 2. The van der Waals surface area contributed by atoms with Gasteiger partial charge >= 0.3 is 6.11 Å². The molecule has 1 aliphatic carbocycles. The Hall–Kier alpha value is -2.32. The first kappa shape index (κ1) is 24.3. The molecular weight excluding hydrogens is 411 g/mol. The van der Waals surface area contributed by atoms with Gasteiger partial charge in [-0.05, 0) is 66.3 Å². The van der Waals surface area contributed by atoms with Crippen LogP contribution in [0.1, 0.15) is 86.5 Å². The number of halogens is 3. The zero-order valence-electron chi connectivity index (χ0n) is 18.8. The normalized spacial score (nSPS) is 19.0. The van der Waals surface area contributed by atoms with Crippen LogP contribution in [0.2, 0.25) is 0 Å². The maximum atomic E-state index is 14.2. The summed E-state index contributed by atoms with van der Waals surface area (Å²) in [6.07, 6.45) is 6.08. The van der Waals surface area contributed by atoms with Crippen LogP contribution in [0.25, 0.3) is 0 Å². The molecule has 172 valence electrons. The van der Waals surface area contributed by atoms with Crippen molar-refractivity contribution in [1.29, 1.82) is 5.26 Å². The van der Waals surface area contributed by atoms with Crippen molar-refractivity contribution < 1.29 is 17.9 Å². The average Bonchev–Trinajstić information content (AvgIpc) is 2.79. The van der Waals surface area contributed by atoms with Gasteiger partial charge in [0.25, 0.3) is 0 Å². The number of ether oxygens (including phenoxy) is 1. The molecule has 2 nitrogen and oxygen atoms in total. The Morgan fingerprint density at radius 3 is 2.31 bits per heavy atom. The molecule has 2 aromatic carbocycles. The first-order valence-electron chi connectivity index (χ1n) is 11.7. The summed E-state index contributed by atoms with van der Waals surface area (Å²) in [6, 6.07) is 13.0. The minimum atomic E-state index is -3.42. The highest BCUT2D eigenvalue weighted by atomic mass is 19.3. The van der Waals surface area contributed by atoms with Gasteiger partial charge < -0.3 is 4.74 Å². The number of rotatable bonds is 10. The SMILES string of the molecule is CCCCCC1CCC(c2ccc(COC(F)(F)Cc3ccc(C#N)c(F)c3)cc2)CC1. The van der Waals surface area contributed by atoms with Gasteiger partial charge in [0.1, 0.15) is 11.9 Å². The summed E-state index contributed by atoms with van der Waals surface area (Å²) in [5.41, 5.74) is 1.89. The number of alkyl halides is 2. The molecule has 0 radical (unpaired) electrons. The van der Waals surface area contributed by atoms with E-state index >= 15 is 0 Å². The molecule has 32 heavy (non-hydrogen) atoms. The molecule has 0 amide bonds. The molecule has 0 heterocycles. The quantitative estimate of drug-likeness (QED) is 0.350. The fraction of sp³-hybridized carbons (Fsp3) is 0.519. The Morgan fingerprint density at radius 1 is 1.00 bits per heavy atom. The lowest BCUT2D eigenvalue weighted by Gasteiger charge is -2.29. The lowest BCUT2D eigenvalue weighted by molar-refractivity contribution is -0.244. The van der Waals surface area contributed by atoms with Crippen molar-refractivity contribution in [2.24, 2.45) is 5.92 Å². The Labute approximate surface area is 189 Å². The standard InChI is InChI=1S/C27H32F3NO/c1-2-3-4-5-20-6-11-23(12-7-20)24-13-8-21(9-14-24)19-32-27(29,30)17-22-10-15-25(18-31)26(28)16-22/h8-10,13-16,20,23H,2-7,11-12,17,19H2,1H3. The highest BCUT2D eigenvalue weighted by Crippen LogP contribution is 2.38. The van der Waals surface area contributed by atoms with Gasteiger partial charge in [-0.1, -0.05) is 62.9 Å². The zero-order valence-corrected chi connectivity index (χ0v) is 18.8. The molecule has 1 saturated carbocycles. The first-order valence-corrected chi connectivity index (χ1v) is 11.7. The van der Waals surface area contributed by atoms with Crippen molar-refractivity contribution in [3.05, 3.63) is 70.5 Å². The van der Waals surface area contributed by atoms with Crippen molar-refractivity contribution in [3.63, 3.8) is 0 Å². The highest BCUT2D eigenvalue weighted by Gasteiger charge is 2.31. The summed E-state index contributed by atoms with van der Waals surface area (Å²) in [5, 5.41) is 8.74. The second-order valence-corrected chi connectivity index (χ2v) is 8.98. The van der Waals surface area contributed by atoms with Crippen LogP contribution >= 0.6 is 0 Å². The minimum absolute atomic E-state index is 0.0899. The molecule has 0 unspecified atom stereocenters. The molecule has 5 heteroatoms. The molecule has 0 bridgehead atoms. The molecule has 2 aromatic rings. The van der Waals surface area contributed by atoms with Gasteiger partial charge in [-0.3, -0.25) is 0 Å². The van der Waals surface area contributed by atoms with Crippen molar-refractivity contribution in [1.82, 2.24) is 0 Å². The summed E-state index contributed by atoms with van der Waals surface area (Å²) < 4.78 is 46.9. The van der Waals surface area contributed by atoms with E-state index in [-0.39, 0.29) is 17.7 Å². The summed E-state index contributed by atoms with van der Waals surface area (Å²) >= 11 is 0. The van der Waals surface area contributed by atoms with Crippen molar-refractivity contribution in [2.45, 2.75) is 83.3 Å². The van der Waals surface area contributed by atoms with E-state index in [1.165, 1.54) is 69.1 Å².